The number of carbonyl (C=O) groups excluding carboxylic acids is 3. The molecule has 83 heavy (non-hydrogen) atoms. The van der Waals surface area contributed by atoms with Gasteiger partial charge in [-0.05, 0) is 109 Å². The van der Waals surface area contributed by atoms with Gasteiger partial charge < -0.3 is 14.2 Å². The molecule has 0 saturated heterocycles. The minimum atomic E-state index is -0.788. The maximum absolute atomic E-state index is 12.9. The summed E-state index contributed by atoms with van der Waals surface area (Å²) in [5.74, 6) is -0.906. The topological polar surface area (TPSA) is 78.9 Å². The molecule has 0 radical (unpaired) electrons. The Hall–Kier alpha value is -3.93. The second-order valence-electron chi connectivity index (χ2n) is 23.4. The number of hydrogen-bond acceptors (Lipinski definition) is 6. The molecule has 0 rings (SSSR count). The first-order chi connectivity index (χ1) is 41.0. The highest BCUT2D eigenvalue weighted by Crippen LogP contribution is 2.17. The van der Waals surface area contributed by atoms with Gasteiger partial charge in [-0.3, -0.25) is 14.4 Å². The van der Waals surface area contributed by atoms with Crippen molar-refractivity contribution < 1.29 is 28.6 Å². The molecule has 0 aromatic carbocycles. The lowest BCUT2D eigenvalue weighted by molar-refractivity contribution is -0.167. The average Bonchev–Trinajstić information content (AvgIpc) is 3.49. The van der Waals surface area contributed by atoms with Crippen LogP contribution in [-0.2, 0) is 28.6 Å². The molecular formula is C77H132O6. The third-order valence-corrected chi connectivity index (χ3v) is 15.3. The van der Waals surface area contributed by atoms with Crippen LogP contribution in [0, 0.1) is 0 Å². The zero-order valence-corrected chi connectivity index (χ0v) is 54.7. The van der Waals surface area contributed by atoms with E-state index in [0.717, 1.165) is 122 Å². The van der Waals surface area contributed by atoms with E-state index in [0.29, 0.717) is 19.3 Å². The minimum Gasteiger partial charge on any atom is -0.462 e. The smallest absolute Gasteiger partial charge is 0.306 e. The van der Waals surface area contributed by atoms with Crippen molar-refractivity contribution in [2.45, 2.75) is 348 Å². The molecule has 0 N–H and O–H groups in total. The summed E-state index contributed by atoms with van der Waals surface area (Å²) >= 11 is 0. The van der Waals surface area contributed by atoms with Crippen molar-refractivity contribution in [2.24, 2.45) is 0 Å². The Morgan fingerprint density at radius 2 is 0.470 bits per heavy atom. The summed E-state index contributed by atoms with van der Waals surface area (Å²) in [4.78, 5) is 38.2. The van der Waals surface area contributed by atoms with Crippen LogP contribution >= 0.6 is 0 Å². The van der Waals surface area contributed by atoms with Gasteiger partial charge in [0.2, 0.25) is 0 Å². The Kier molecular flexibility index (Phi) is 67.2. The number of ether oxygens (including phenoxy) is 3. The van der Waals surface area contributed by atoms with Crippen molar-refractivity contribution >= 4 is 17.9 Å². The van der Waals surface area contributed by atoms with E-state index in [1.165, 1.54) is 180 Å². The predicted molar refractivity (Wildman–Crippen MR) is 362 cm³/mol. The first-order valence-electron chi connectivity index (χ1n) is 35.4. The molecule has 0 aromatic rings. The quantitative estimate of drug-likeness (QED) is 0.0261. The maximum Gasteiger partial charge on any atom is 0.306 e. The van der Waals surface area contributed by atoms with Gasteiger partial charge in [0.25, 0.3) is 0 Å². The highest BCUT2D eigenvalue weighted by Gasteiger charge is 2.19. The fourth-order valence-corrected chi connectivity index (χ4v) is 9.99. The Labute approximate surface area is 514 Å². The number of rotatable bonds is 64. The van der Waals surface area contributed by atoms with E-state index in [9.17, 15) is 14.4 Å². The molecule has 476 valence electrons. The van der Waals surface area contributed by atoms with Gasteiger partial charge in [-0.25, -0.2) is 0 Å². The number of hydrogen-bond donors (Lipinski definition) is 0. The second kappa shape index (κ2) is 70.6. The fourth-order valence-electron chi connectivity index (χ4n) is 9.99. The van der Waals surface area contributed by atoms with Crippen LogP contribution in [0.4, 0.5) is 0 Å². The van der Waals surface area contributed by atoms with E-state index in [-0.39, 0.29) is 31.1 Å². The Morgan fingerprint density at radius 1 is 0.253 bits per heavy atom. The van der Waals surface area contributed by atoms with Crippen LogP contribution in [0.15, 0.2) is 109 Å². The lowest BCUT2D eigenvalue weighted by atomic mass is 10.0. The maximum atomic E-state index is 12.9. The van der Waals surface area contributed by atoms with Gasteiger partial charge in [-0.15, -0.1) is 0 Å². The van der Waals surface area contributed by atoms with Crippen molar-refractivity contribution in [3.8, 4) is 0 Å². The Bertz CT molecular complexity index is 1660. The summed E-state index contributed by atoms with van der Waals surface area (Å²) in [6.07, 6.45) is 97.2. The first-order valence-corrected chi connectivity index (χ1v) is 35.4. The van der Waals surface area contributed by atoms with Gasteiger partial charge in [-0.2, -0.15) is 0 Å². The van der Waals surface area contributed by atoms with Crippen LogP contribution < -0.4 is 0 Å². The van der Waals surface area contributed by atoms with Crippen LogP contribution in [0.2, 0.25) is 0 Å². The third kappa shape index (κ3) is 68.7. The first kappa shape index (κ1) is 79.1. The third-order valence-electron chi connectivity index (χ3n) is 15.3. The summed E-state index contributed by atoms with van der Waals surface area (Å²) in [6, 6.07) is 0. The fraction of sp³-hybridized carbons (Fsp3) is 0.727. The Morgan fingerprint density at radius 3 is 0.747 bits per heavy atom. The molecule has 6 heteroatoms. The standard InChI is InChI=1S/C77H132O6/c1-4-7-10-13-16-18-20-22-24-26-28-30-32-34-36-38-40-42-44-46-48-50-52-54-56-58-61-64-67-70-76(79)82-73-74(72-81-75(78)69-66-63-60-15-12-9-6-3)83-77(80)71-68-65-62-59-57-55-53-51-49-47-45-43-41-39-37-35-33-31-29-27-25-23-21-19-17-14-11-8-5-2/h7,10,16,18,22,24,27-30,34,36,40,42,46,48,52,54,74H,4-6,8-9,11-15,17,19-21,23,25-26,31-33,35,37-39,41,43-45,47,49-51,53,55-73H2,1-3H3/b10-7-,18-16-,24-22-,29-27-,30-28-,36-34-,42-40-,48-46-,54-52-. The molecule has 0 bridgehead atoms. The van der Waals surface area contributed by atoms with E-state index < -0.39 is 6.10 Å². The average molecular weight is 1150 g/mol. The number of unbranched alkanes of at least 4 members (excludes halogenated alkanes) is 35. The molecule has 0 fully saturated rings. The summed E-state index contributed by atoms with van der Waals surface area (Å²) in [7, 11) is 0. The molecule has 0 saturated carbocycles. The second-order valence-corrected chi connectivity index (χ2v) is 23.4. The largest absolute Gasteiger partial charge is 0.462 e. The number of allylic oxidation sites excluding steroid dienone is 18. The molecule has 0 aliphatic heterocycles. The van der Waals surface area contributed by atoms with Gasteiger partial charge in [0.1, 0.15) is 13.2 Å². The van der Waals surface area contributed by atoms with Crippen molar-refractivity contribution in [1.82, 2.24) is 0 Å². The molecule has 1 unspecified atom stereocenters. The lowest BCUT2D eigenvalue weighted by Gasteiger charge is -2.18. The van der Waals surface area contributed by atoms with Crippen molar-refractivity contribution in [1.29, 1.82) is 0 Å². The normalized spacial score (nSPS) is 12.8. The summed E-state index contributed by atoms with van der Waals surface area (Å²) in [6.45, 7) is 6.49. The van der Waals surface area contributed by atoms with Crippen LogP contribution in [0.3, 0.4) is 0 Å². The molecule has 0 heterocycles. The van der Waals surface area contributed by atoms with Crippen LogP contribution in [0.25, 0.3) is 0 Å². The van der Waals surface area contributed by atoms with Crippen LogP contribution in [-0.4, -0.2) is 37.2 Å². The van der Waals surface area contributed by atoms with Crippen molar-refractivity contribution in [3.63, 3.8) is 0 Å². The Balaban J connectivity index is 4.14. The van der Waals surface area contributed by atoms with Gasteiger partial charge in [0.05, 0.1) is 0 Å². The molecule has 0 aliphatic rings. The molecular weight excluding hydrogens is 1020 g/mol. The highest BCUT2D eigenvalue weighted by atomic mass is 16.6. The summed E-state index contributed by atoms with van der Waals surface area (Å²) < 4.78 is 16.9. The molecule has 1 atom stereocenters. The van der Waals surface area contributed by atoms with Gasteiger partial charge >= 0.3 is 17.9 Å². The minimum absolute atomic E-state index is 0.0843. The van der Waals surface area contributed by atoms with Crippen LogP contribution in [0.1, 0.15) is 342 Å². The van der Waals surface area contributed by atoms with Crippen LogP contribution in [0.5, 0.6) is 0 Å². The summed E-state index contributed by atoms with van der Waals surface area (Å²) in [5, 5.41) is 0. The van der Waals surface area contributed by atoms with Crippen molar-refractivity contribution in [2.75, 3.05) is 13.2 Å². The molecule has 0 aliphatic carbocycles. The van der Waals surface area contributed by atoms with E-state index in [1.807, 2.05) is 0 Å². The van der Waals surface area contributed by atoms with E-state index in [2.05, 4.69) is 130 Å². The van der Waals surface area contributed by atoms with Gasteiger partial charge in [-0.1, -0.05) is 323 Å². The molecule has 0 spiro atoms. The van der Waals surface area contributed by atoms with Crippen molar-refractivity contribution in [3.05, 3.63) is 109 Å². The van der Waals surface area contributed by atoms with E-state index in [1.54, 1.807) is 0 Å². The highest BCUT2D eigenvalue weighted by molar-refractivity contribution is 5.71. The number of carbonyl (C=O) groups is 3. The predicted octanol–water partition coefficient (Wildman–Crippen LogP) is 24.6. The van der Waals surface area contributed by atoms with E-state index >= 15 is 0 Å². The lowest BCUT2D eigenvalue weighted by Crippen LogP contribution is -2.30. The van der Waals surface area contributed by atoms with Gasteiger partial charge in [0, 0.05) is 19.3 Å². The monoisotopic (exact) mass is 1150 g/mol. The number of esters is 3. The molecule has 0 amide bonds. The zero-order chi connectivity index (χ0) is 59.9. The SMILES string of the molecule is CC/C=C\C/C=C\C/C=C\C/C=C\C/C=C\C/C=C\C/C=C\C/C=C\CCCCCCC(=O)OCC(COC(=O)CCCCCCCCC)OC(=O)CCCCCCCCCCCCCCCCCCC/C=C\CCCCCCCCCC. The molecule has 0 aromatic heterocycles. The zero-order valence-electron chi connectivity index (χ0n) is 54.7. The summed E-state index contributed by atoms with van der Waals surface area (Å²) in [5.41, 5.74) is 0. The van der Waals surface area contributed by atoms with E-state index in [4.69, 9.17) is 14.2 Å². The van der Waals surface area contributed by atoms with Gasteiger partial charge in [0.15, 0.2) is 6.10 Å². The molecule has 6 nitrogen and oxygen atoms in total.